The van der Waals surface area contributed by atoms with E-state index in [0.717, 1.165) is 0 Å². The van der Waals surface area contributed by atoms with Crippen molar-refractivity contribution in [2.24, 2.45) is 0 Å². The summed E-state index contributed by atoms with van der Waals surface area (Å²) in [6.07, 6.45) is 6.18. The van der Waals surface area contributed by atoms with Gasteiger partial charge in [0.15, 0.2) is 0 Å². The summed E-state index contributed by atoms with van der Waals surface area (Å²) in [4.78, 5) is 19.2. The van der Waals surface area contributed by atoms with E-state index in [1.54, 1.807) is 23.1 Å². The third kappa shape index (κ3) is 1.49. The summed E-state index contributed by atoms with van der Waals surface area (Å²) in [6.45, 7) is 0. The number of carbonyl (C=O) groups excluding carboxylic acids is 1. The Morgan fingerprint density at radius 1 is 1.33 bits per heavy atom. The third-order valence-corrected chi connectivity index (χ3v) is 2.27. The monoisotopic (exact) mass is 245 g/mol. The second-order valence-electron chi connectivity index (χ2n) is 3.32. The van der Waals surface area contributed by atoms with Gasteiger partial charge < -0.3 is 4.74 Å². The van der Waals surface area contributed by atoms with Crippen LogP contribution in [0, 0.1) is 0 Å². The summed E-state index contributed by atoms with van der Waals surface area (Å²) >= 11 is 0. The lowest BCUT2D eigenvalue weighted by molar-refractivity contribution is 0.0587. The summed E-state index contributed by atoms with van der Waals surface area (Å²) in [7, 11) is 1.26. The summed E-state index contributed by atoms with van der Waals surface area (Å²) in [5, 5.41) is 11.6. The standard InChI is InChI=1S/C9H7N7O2/c1-18-9(17)6-11-4-16(14-6)7-8-13-12-5-15(8)3-2-10-7/h2-5H,1H3. The predicted molar refractivity (Wildman–Crippen MR) is 57.0 cm³/mol. The van der Waals surface area contributed by atoms with Gasteiger partial charge in [0.1, 0.15) is 12.7 Å². The van der Waals surface area contributed by atoms with E-state index in [2.05, 4.69) is 30.0 Å². The fourth-order valence-corrected chi connectivity index (χ4v) is 1.46. The van der Waals surface area contributed by atoms with E-state index in [9.17, 15) is 4.79 Å². The van der Waals surface area contributed by atoms with Crippen molar-refractivity contribution in [1.82, 2.24) is 34.3 Å². The van der Waals surface area contributed by atoms with E-state index < -0.39 is 5.97 Å². The fraction of sp³-hybridized carbons (Fsp3) is 0.111. The van der Waals surface area contributed by atoms with Crippen LogP contribution in [0.2, 0.25) is 0 Å². The highest BCUT2D eigenvalue weighted by molar-refractivity contribution is 5.84. The molecule has 0 amide bonds. The van der Waals surface area contributed by atoms with E-state index in [4.69, 9.17) is 0 Å². The van der Waals surface area contributed by atoms with Crippen LogP contribution in [0.5, 0.6) is 0 Å². The van der Waals surface area contributed by atoms with Gasteiger partial charge in [-0.05, 0) is 0 Å². The van der Waals surface area contributed by atoms with Gasteiger partial charge in [0.2, 0.25) is 11.5 Å². The van der Waals surface area contributed by atoms with Gasteiger partial charge >= 0.3 is 5.97 Å². The maximum atomic E-state index is 11.3. The Balaban J connectivity index is 2.12. The molecule has 3 rings (SSSR count). The summed E-state index contributed by atoms with van der Waals surface area (Å²) in [5.41, 5.74) is 0.513. The van der Waals surface area contributed by atoms with Crippen molar-refractivity contribution in [2.75, 3.05) is 7.11 Å². The Labute approximate surface area is 100 Å². The molecule has 0 saturated heterocycles. The molecule has 0 atom stereocenters. The molecule has 0 aliphatic heterocycles. The average molecular weight is 245 g/mol. The molecule has 9 nitrogen and oxygen atoms in total. The molecule has 0 aliphatic rings. The zero-order chi connectivity index (χ0) is 12.5. The number of ether oxygens (including phenoxy) is 1. The molecular formula is C9H7N7O2. The predicted octanol–water partition coefficient (Wildman–Crippen LogP) is -0.508. The van der Waals surface area contributed by atoms with Gasteiger partial charge in [-0.3, -0.25) is 4.40 Å². The van der Waals surface area contributed by atoms with Crippen LogP contribution >= 0.6 is 0 Å². The third-order valence-electron chi connectivity index (χ3n) is 2.27. The van der Waals surface area contributed by atoms with Crippen molar-refractivity contribution in [3.8, 4) is 5.82 Å². The Morgan fingerprint density at radius 2 is 2.22 bits per heavy atom. The zero-order valence-electron chi connectivity index (χ0n) is 9.26. The van der Waals surface area contributed by atoms with Crippen LogP contribution in [-0.4, -0.2) is 47.4 Å². The minimum absolute atomic E-state index is 0.0409. The van der Waals surface area contributed by atoms with Gasteiger partial charge in [-0.1, -0.05) is 0 Å². The number of aromatic nitrogens is 7. The lowest BCUT2D eigenvalue weighted by Crippen LogP contribution is -2.06. The molecular weight excluding hydrogens is 238 g/mol. The Kier molecular flexibility index (Phi) is 2.22. The topological polar surface area (TPSA) is 100 Å². The normalized spacial score (nSPS) is 10.7. The van der Waals surface area contributed by atoms with Crippen LogP contribution in [0.25, 0.3) is 11.5 Å². The van der Waals surface area contributed by atoms with Gasteiger partial charge in [0.25, 0.3) is 5.82 Å². The smallest absolute Gasteiger partial charge is 0.377 e. The summed E-state index contributed by atoms with van der Waals surface area (Å²) in [6, 6.07) is 0. The Morgan fingerprint density at radius 3 is 3.06 bits per heavy atom. The highest BCUT2D eigenvalue weighted by Crippen LogP contribution is 2.08. The first kappa shape index (κ1) is 10.3. The number of esters is 1. The number of fused-ring (bicyclic) bond motifs is 1. The average Bonchev–Trinajstić information content (AvgIpc) is 3.05. The molecule has 3 heterocycles. The van der Waals surface area contributed by atoms with Crippen molar-refractivity contribution >= 4 is 11.6 Å². The van der Waals surface area contributed by atoms with Crippen LogP contribution in [0.1, 0.15) is 10.6 Å². The van der Waals surface area contributed by atoms with Crippen molar-refractivity contribution in [3.05, 3.63) is 30.9 Å². The number of rotatable bonds is 2. The van der Waals surface area contributed by atoms with Gasteiger partial charge in [-0.15, -0.1) is 15.3 Å². The van der Waals surface area contributed by atoms with Gasteiger partial charge in [-0.2, -0.15) is 4.68 Å². The number of methoxy groups -OCH3 is 1. The molecule has 0 aromatic carbocycles. The van der Waals surface area contributed by atoms with E-state index in [0.29, 0.717) is 11.5 Å². The molecule has 0 N–H and O–H groups in total. The quantitative estimate of drug-likeness (QED) is 0.560. The summed E-state index contributed by atoms with van der Waals surface area (Å²) < 4.78 is 7.55. The van der Waals surface area contributed by atoms with E-state index in [1.807, 2.05) is 0 Å². The lowest BCUT2D eigenvalue weighted by Gasteiger charge is -1.99. The second kappa shape index (κ2) is 3.87. The van der Waals surface area contributed by atoms with Crippen molar-refractivity contribution in [1.29, 1.82) is 0 Å². The van der Waals surface area contributed by atoms with Crippen LogP contribution in [0.15, 0.2) is 25.0 Å². The van der Waals surface area contributed by atoms with Crippen LogP contribution in [-0.2, 0) is 4.74 Å². The zero-order valence-corrected chi connectivity index (χ0v) is 9.26. The van der Waals surface area contributed by atoms with Gasteiger partial charge in [0, 0.05) is 12.4 Å². The lowest BCUT2D eigenvalue weighted by atomic mass is 10.6. The number of carbonyl (C=O) groups is 1. The maximum Gasteiger partial charge on any atom is 0.377 e. The number of hydrogen-bond acceptors (Lipinski definition) is 7. The molecule has 0 fully saturated rings. The molecule has 9 heteroatoms. The fourth-order valence-electron chi connectivity index (χ4n) is 1.46. The van der Waals surface area contributed by atoms with Gasteiger partial charge in [-0.25, -0.2) is 14.8 Å². The first-order chi connectivity index (χ1) is 8.79. The highest BCUT2D eigenvalue weighted by Gasteiger charge is 2.14. The minimum atomic E-state index is -0.609. The summed E-state index contributed by atoms with van der Waals surface area (Å²) in [5.74, 6) is -0.222. The van der Waals surface area contributed by atoms with Crippen molar-refractivity contribution < 1.29 is 9.53 Å². The molecule has 90 valence electrons. The maximum absolute atomic E-state index is 11.3. The van der Waals surface area contributed by atoms with E-state index >= 15 is 0 Å². The minimum Gasteiger partial charge on any atom is -0.463 e. The van der Waals surface area contributed by atoms with Crippen LogP contribution in [0.4, 0.5) is 0 Å². The largest absolute Gasteiger partial charge is 0.463 e. The molecule has 0 bridgehead atoms. The highest BCUT2D eigenvalue weighted by atomic mass is 16.5. The first-order valence-electron chi connectivity index (χ1n) is 4.94. The molecule has 0 saturated carbocycles. The van der Waals surface area contributed by atoms with E-state index in [-0.39, 0.29) is 5.82 Å². The Bertz CT molecular complexity index is 716. The van der Waals surface area contributed by atoms with Crippen LogP contribution in [0.3, 0.4) is 0 Å². The number of hydrogen-bond donors (Lipinski definition) is 0. The van der Waals surface area contributed by atoms with Crippen LogP contribution < -0.4 is 0 Å². The molecule has 3 aromatic heterocycles. The van der Waals surface area contributed by atoms with Crippen molar-refractivity contribution in [2.45, 2.75) is 0 Å². The van der Waals surface area contributed by atoms with Gasteiger partial charge in [0.05, 0.1) is 7.11 Å². The molecule has 0 unspecified atom stereocenters. The first-order valence-corrected chi connectivity index (χ1v) is 4.94. The molecule has 18 heavy (non-hydrogen) atoms. The molecule has 0 radical (unpaired) electrons. The van der Waals surface area contributed by atoms with E-state index in [1.165, 1.54) is 18.1 Å². The SMILES string of the molecule is COC(=O)c1ncn(-c2nccn3cnnc23)n1. The molecule has 0 aliphatic carbocycles. The molecule has 0 spiro atoms. The number of nitrogens with zero attached hydrogens (tertiary/aromatic N) is 7. The Hall–Kier alpha value is -2.84. The second-order valence-corrected chi connectivity index (χ2v) is 3.32. The molecule has 3 aromatic rings. The van der Waals surface area contributed by atoms with Crippen molar-refractivity contribution in [3.63, 3.8) is 0 Å².